The molecule has 1 aliphatic heterocycles. The van der Waals surface area contributed by atoms with Crippen LogP contribution in [0.25, 0.3) is 0 Å². The molecular weight excluding hydrogens is 431 g/mol. The zero-order valence-corrected chi connectivity index (χ0v) is 19.3. The maximum absolute atomic E-state index is 5.75. The van der Waals surface area contributed by atoms with Gasteiger partial charge in [0.25, 0.3) is 0 Å². The quantitative estimate of drug-likeness (QED) is 0.235. The van der Waals surface area contributed by atoms with Crippen LogP contribution in [0.1, 0.15) is 47.0 Å². The number of rotatable bonds is 9. The molecule has 0 aromatic carbocycles. The van der Waals surface area contributed by atoms with Crippen LogP contribution in [0.3, 0.4) is 0 Å². The van der Waals surface area contributed by atoms with Gasteiger partial charge in [-0.25, -0.2) is 0 Å². The Balaban J connectivity index is 0.00000576. The van der Waals surface area contributed by atoms with Gasteiger partial charge >= 0.3 is 0 Å². The van der Waals surface area contributed by atoms with E-state index in [1.807, 2.05) is 7.05 Å². The molecule has 0 atom stereocenters. The van der Waals surface area contributed by atoms with E-state index >= 15 is 0 Å². The molecule has 0 bridgehead atoms. The summed E-state index contributed by atoms with van der Waals surface area (Å²) in [4.78, 5) is 6.83. The Hall–Kier alpha value is -0.120. The Morgan fingerprint density at radius 1 is 1.16 bits per heavy atom. The molecule has 7 heteroatoms. The first-order chi connectivity index (χ1) is 11.4. The SMILES string of the molecule is CN=C(NCCCN(C(C)C)C(C)C)NCC1(OC)CCOCC1.I. The van der Waals surface area contributed by atoms with Crippen LogP contribution < -0.4 is 10.6 Å². The molecule has 0 aromatic heterocycles. The highest BCUT2D eigenvalue weighted by Gasteiger charge is 2.32. The van der Waals surface area contributed by atoms with Gasteiger partial charge in [0.1, 0.15) is 0 Å². The minimum absolute atomic E-state index is 0. The van der Waals surface area contributed by atoms with Crippen molar-refractivity contribution in [1.82, 2.24) is 15.5 Å². The van der Waals surface area contributed by atoms with Gasteiger partial charge in [0.2, 0.25) is 0 Å². The van der Waals surface area contributed by atoms with Gasteiger partial charge in [0, 0.05) is 71.9 Å². The van der Waals surface area contributed by atoms with Gasteiger partial charge < -0.3 is 20.1 Å². The monoisotopic (exact) mass is 470 g/mol. The fourth-order valence-corrected chi connectivity index (χ4v) is 3.24. The summed E-state index contributed by atoms with van der Waals surface area (Å²) in [5, 5.41) is 6.82. The third-order valence-corrected chi connectivity index (χ3v) is 4.85. The fourth-order valence-electron chi connectivity index (χ4n) is 3.24. The molecule has 2 N–H and O–H groups in total. The third kappa shape index (κ3) is 8.88. The molecule has 150 valence electrons. The molecule has 0 radical (unpaired) electrons. The van der Waals surface area contributed by atoms with Crippen LogP contribution in [0, 0.1) is 0 Å². The summed E-state index contributed by atoms with van der Waals surface area (Å²) in [6.45, 7) is 13.3. The molecule has 1 fully saturated rings. The molecule has 1 saturated heterocycles. The van der Waals surface area contributed by atoms with E-state index in [1.54, 1.807) is 7.11 Å². The van der Waals surface area contributed by atoms with Crippen molar-refractivity contribution in [3.8, 4) is 0 Å². The highest BCUT2D eigenvalue weighted by molar-refractivity contribution is 14.0. The lowest BCUT2D eigenvalue weighted by molar-refractivity contribution is -0.0855. The molecule has 0 aromatic rings. The Morgan fingerprint density at radius 3 is 2.24 bits per heavy atom. The maximum Gasteiger partial charge on any atom is 0.191 e. The Kier molecular flexibility index (Phi) is 13.0. The summed E-state index contributed by atoms with van der Waals surface area (Å²) >= 11 is 0. The zero-order valence-electron chi connectivity index (χ0n) is 16.9. The summed E-state index contributed by atoms with van der Waals surface area (Å²) in [6, 6.07) is 1.16. The van der Waals surface area contributed by atoms with Gasteiger partial charge in [-0.15, -0.1) is 24.0 Å². The number of ether oxygens (including phenoxy) is 2. The van der Waals surface area contributed by atoms with Crippen LogP contribution in [0.5, 0.6) is 0 Å². The van der Waals surface area contributed by atoms with Gasteiger partial charge in [0.15, 0.2) is 5.96 Å². The Bertz CT molecular complexity index is 364. The summed E-state index contributed by atoms with van der Waals surface area (Å²) in [5.41, 5.74) is -0.137. The van der Waals surface area contributed by atoms with E-state index < -0.39 is 0 Å². The van der Waals surface area contributed by atoms with Gasteiger partial charge in [-0.2, -0.15) is 0 Å². The second-order valence-corrected chi connectivity index (χ2v) is 7.13. The van der Waals surface area contributed by atoms with Gasteiger partial charge in [0.05, 0.1) is 5.60 Å². The van der Waals surface area contributed by atoms with Crippen LogP contribution >= 0.6 is 24.0 Å². The standard InChI is InChI=1S/C18H38N4O2.HI/c1-15(2)22(16(3)4)11-7-10-20-17(19-5)21-14-18(23-6)8-12-24-13-9-18;/h15-16H,7-14H2,1-6H3,(H2,19,20,21);1H. The number of halogens is 1. The summed E-state index contributed by atoms with van der Waals surface area (Å²) < 4.78 is 11.2. The van der Waals surface area contributed by atoms with E-state index in [2.05, 4.69) is 48.2 Å². The van der Waals surface area contributed by atoms with Crippen LogP contribution in [0.15, 0.2) is 4.99 Å². The van der Waals surface area contributed by atoms with Crippen LogP contribution in [-0.4, -0.2) is 75.5 Å². The number of guanidine groups is 1. The number of hydrogen-bond acceptors (Lipinski definition) is 4. The first-order valence-corrected chi connectivity index (χ1v) is 9.27. The lowest BCUT2D eigenvalue weighted by Crippen LogP contribution is -2.51. The molecule has 6 nitrogen and oxygen atoms in total. The average molecular weight is 470 g/mol. The van der Waals surface area contributed by atoms with E-state index in [-0.39, 0.29) is 29.6 Å². The highest BCUT2D eigenvalue weighted by atomic mass is 127. The lowest BCUT2D eigenvalue weighted by atomic mass is 9.94. The van der Waals surface area contributed by atoms with Crippen LogP contribution in [-0.2, 0) is 9.47 Å². The van der Waals surface area contributed by atoms with Crippen molar-refractivity contribution in [1.29, 1.82) is 0 Å². The van der Waals surface area contributed by atoms with Crippen molar-refractivity contribution in [2.75, 3.05) is 47.0 Å². The lowest BCUT2D eigenvalue weighted by Gasteiger charge is -2.36. The average Bonchev–Trinajstić information content (AvgIpc) is 2.57. The van der Waals surface area contributed by atoms with Gasteiger partial charge in [-0.05, 0) is 34.1 Å². The van der Waals surface area contributed by atoms with E-state index in [4.69, 9.17) is 9.47 Å². The molecule has 1 rings (SSSR count). The van der Waals surface area contributed by atoms with Crippen molar-refractivity contribution in [3.05, 3.63) is 0 Å². The van der Waals surface area contributed by atoms with Gasteiger partial charge in [-0.1, -0.05) is 0 Å². The molecule has 0 unspecified atom stereocenters. The first-order valence-electron chi connectivity index (χ1n) is 9.27. The fraction of sp³-hybridized carbons (Fsp3) is 0.944. The molecule has 0 aliphatic carbocycles. The summed E-state index contributed by atoms with van der Waals surface area (Å²) in [6.07, 6.45) is 2.94. The first kappa shape index (κ1) is 24.9. The largest absolute Gasteiger partial charge is 0.381 e. The minimum atomic E-state index is -0.137. The summed E-state index contributed by atoms with van der Waals surface area (Å²) in [5.74, 6) is 0.846. The highest BCUT2D eigenvalue weighted by Crippen LogP contribution is 2.23. The van der Waals surface area contributed by atoms with Gasteiger partial charge in [-0.3, -0.25) is 9.89 Å². The number of aliphatic imine (C=N–C) groups is 1. The Labute approximate surface area is 171 Å². The van der Waals surface area contributed by atoms with E-state index in [1.165, 1.54) is 0 Å². The van der Waals surface area contributed by atoms with E-state index in [9.17, 15) is 0 Å². The van der Waals surface area contributed by atoms with Crippen molar-refractivity contribution in [3.63, 3.8) is 0 Å². The normalized spacial score (nSPS) is 17.7. The van der Waals surface area contributed by atoms with Crippen molar-refractivity contribution < 1.29 is 9.47 Å². The molecule has 0 amide bonds. The van der Waals surface area contributed by atoms with Crippen molar-refractivity contribution in [2.45, 2.75) is 64.6 Å². The van der Waals surface area contributed by atoms with Crippen LogP contribution in [0.2, 0.25) is 0 Å². The molecular formula is C18H39IN4O2. The van der Waals surface area contributed by atoms with Crippen molar-refractivity contribution >= 4 is 29.9 Å². The number of methoxy groups -OCH3 is 1. The second kappa shape index (κ2) is 13.1. The van der Waals surface area contributed by atoms with E-state index in [0.29, 0.717) is 12.1 Å². The molecule has 0 spiro atoms. The number of nitrogens with zero attached hydrogens (tertiary/aromatic N) is 2. The molecule has 0 saturated carbocycles. The predicted molar refractivity (Wildman–Crippen MR) is 116 cm³/mol. The molecule has 1 aliphatic rings. The molecule has 25 heavy (non-hydrogen) atoms. The Morgan fingerprint density at radius 2 is 1.76 bits per heavy atom. The summed E-state index contributed by atoms with van der Waals surface area (Å²) in [7, 11) is 3.60. The zero-order chi connectivity index (χ0) is 18.0. The second-order valence-electron chi connectivity index (χ2n) is 7.13. The van der Waals surface area contributed by atoms with Crippen molar-refractivity contribution in [2.24, 2.45) is 4.99 Å². The smallest absolute Gasteiger partial charge is 0.191 e. The van der Waals surface area contributed by atoms with Crippen LogP contribution in [0.4, 0.5) is 0 Å². The van der Waals surface area contributed by atoms with E-state index in [0.717, 1.165) is 58.1 Å². The minimum Gasteiger partial charge on any atom is -0.381 e. The maximum atomic E-state index is 5.75. The third-order valence-electron chi connectivity index (χ3n) is 4.85. The number of hydrogen-bond donors (Lipinski definition) is 2. The predicted octanol–water partition coefficient (Wildman–Crippen LogP) is 2.47. The molecule has 1 heterocycles. The topological polar surface area (TPSA) is 58.1 Å². The number of nitrogens with one attached hydrogen (secondary N) is 2.